The van der Waals surface area contributed by atoms with Crippen LogP contribution in [0, 0.1) is 95.7 Å². The third kappa shape index (κ3) is 59.9. The summed E-state index contributed by atoms with van der Waals surface area (Å²) in [6, 6.07) is 17.1. The van der Waals surface area contributed by atoms with E-state index in [-0.39, 0.29) is 139 Å². The number of hydrogen-bond donors (Lipinski definition) is 12. The molecule has 3 aromatic carbocycles. The van der Waals surface area contributed by atoms with Crippen LogP contribution in [0.3, 0.4) is 0 Å². The molecule has 0 aliphatic rings. The summed E-state index contributed by atoms with van der Waals surface area (Å²) in [6.45, 7) is 20.2. The zero-order valence-corrected chi connectivity index (χ0v) is 70.7. The van der Waals surface area contributed by atoms with Gasteiger partial charge in [0.1, 0.15) is 48.0 Å². The molecule has 15 N–H and O–H groups in total. The molecule has 5 aromatic rings. The number of nitrogens with one attached hydrogen (secondary N) is 4. The Balaban J connectivity index is -0.000000363. The number of phenolic OH excluding ortho intramolecular Hbond substituents is 3. The van der Waals surface area contributed by atoms with Crippen LogP contribution in [0.1, 0.15) is 78.0 Å². The van der Waals surface area contributed by atoms with Crippen molar-refractivity contribution in [2.75, 3.05) is 73.0 Å². The summed E-state index contributed by atoms with van der Waals surface area (Å²) in [7, 11) is -15.4. The van der Waals surface area contributed by atoms with Crippen molar-refractivity contribution in [2.24, 2.45) is 16.7 Å². The SMILES string of the molecule is C.CCCOC(=O)C(Cc1ccc(O)cc1)NP(C)(=O)O.CCCOC(=O)C(Cc1ccc(O)cc1)NP(C)(=O)n1ccnc1.CCCOC(=O)C(N)Cc1ccc(O)cc1.CCOC(=O)[CH-]NP(C)(=O)N[CH-]C(=O)OCC.CP(=O)(Cl)Cl.CP(=O)(O)n1ccnc1.CP(N)(N)=O.[Pr].[Pr]. The Morgan fingerprint density at radius 2 is 0.838 bits per heavy atom. The Kier molecular flexibility index (Phi) is 58.5. The summed E-state index contributed by atoms with van der Waals surface area (Å²) < 4.78 is 93.3. The van der Waals surface area contributed by atoms with E-state index in [2.05, 4.69) is 50.8 Å². The molecule has 32 nitrogen and oxygen atoms in total. The Labute approximate surface area is 656 Å². The van der Waals surface area contributed by atoms with E-state index in [4.69, 9.17) is 52.4 Å². The summed E-state index contributed by atoms with van der Waals surface area (Å²) >= 11 is 9.70. The molecule has 2 aromatic heterocycles. The van der Waals surface area contributed by atoms with Crippen LogP contribution in [0.5, 0.6) is 17.2 Å². The molecule has 2 heterocycles. The average Bonchev–Trinajstić information content (AvgIpc) is 1.83. The summed E-state index contributed by atoms with van der Waals surface area (Å²) in [5.41, 5.74) is 17.5. The number of hydrogen-bond acceptors (Lipinski definition) is 22. The van der Waals surface area contributed by atoms with E-state index in [1.807, 2.05) is 20.8 Å². The van der Waals surface area contributed by atoms with Gasteiger partial charge in [0.2, 0.25) is 20.7 Å². The second-order valence-corrected chi connectivity index (χ2v) is 37.3. The minimum atomic E-state index is -3.55. The first-order chi connectivity index (χ1) is 44.4. The molecule has 0 spiro atoms. The second kappa shape index (κ2) is 55.4. The number of halogens is 2. The molecule has 0 fully saturated rings. The normalized spacial score (nSPS) is 13.2. The van der Waals surface area contributed by atoms with Gasteiger partial charge in [-0.05, 0) is 128 Å². The van der Waals surface area contributed by atoms with E-state index < -0.39 is 85.2 Å². The van der Waals surface area contributed by atoms with Gasteiger partial charge in [0.05, 0.1) is 33.0 Å². The van der Waals surface area contributed by atoms with Gasteiger partial charge in [0.25, 0.3) is 15.0 Å². The number of nitrogens with zero attached hydrogens (tertiary/aromatic N) is 4. The Bertz CT molecular complexity index is 3280. The van der Waals surface area contributed by atoms with Gasteiger partial charge in [-0.15, -0.1) is 0 Å². The van der Waals surface area contributed by atoms with E-state index in [1.165, 1.54) is 85.4 Å². The first-order valence-corrected chi connectivity index (χ1v) is 43.6. The Morgan fingerprint density at radius 1 is 0.535 bits per heavy atom. The van der Waals surface area contributed by atoms with E-state index in [0.29, 0.717) is 38.9 Å². The van der Waals surface area contributed by atoms with Crippen molar-refractivity contribution in [3.63, 3.8) is 0 Å². The fraction of sp³-hybridized carbons (Fsp3) is 0.456. The Morgan fingerprint density at radius 3 is 1.11 bits per heavy atom. The van der Waals surface area contributed by atoms with Crippen molar-refractivity contribution in [2.45, 2.75) is 98.7 Å². The number of aromatic hydroxyl groups is 3. The minimum absolute atomic E-state index is 0. The molecular weight excluding hydrogens is 1710 g/mol. The molecule has 0 aliphatic heterocycles. The van der Waals surface area contributed by atoms with Crippen molar-refractivity contribution in [1.29, 1.82) is 0 Å². The third-order valence-electron chi connectivity index (χ3n) is 10.4. The van der Waals surface area contributed by atoms with E-state index in [1.54, 1.807) is 80.7 Å². The minimum Gasteiger partial charge on any atom is -0.508 e. The van der Waals surface area contributed by atoms with Crippen molar-refractivity contribution in [1.82, 2.24) is 39.0 Å². The number of esters is 5. The van der Waals surface area contributed by atoms with Crippen LogP contribution in [0.25, 0.3) is 0 Å². The Hall–Kier alpha value is -3.10. The number of rotatable bonds is 29. The van der Waals surface area contributed by atoms with E-state index in [0.717, 1.165) is 42.9 Å². The monoisotopic (exact) mass is 1810 g/mol. The molecule has 0 aliphatic carbocycles. The second-order valence-electron chi connectivity index (χ2n) is 20.3. The molecule has 0 saturated heterocycles. The van der Waals surface area contributed by atoms with E-state index >= 15 is 0 Å². The topological polar surface area (TPSA) is 497 Å². The van der Waals surface area contributed by atoms with Gasteiger partial charge >= 0.3 is 17.9 Å². The smallest absolute Gasteiger partial charge is 0.323 e. The van der Waals surface area contributed by atoms with Crippen molar-refractivity contribution in [3.8, 4) is 17.2 Å². The largest absolute Gasteiger partial charge is 0.508 e. The van der Waals surface area contributed by atoms with Gasteiger partial charge in [-0.2, -0.15) is 0 Å². The predicted octanol–water partition coefficient (Wildman–Crippen LogP) is 8.92. The molecule has 558 valence electrons. The number of benzene rings is 3. The molecule has 5 rings (SSSR count). The summed E-state index contributed by atoms with van der Waals surface area (Å²) in [5.74, 6) is -4.88. The number of imidazole rings is 2. The van der Waals surface area contributed by atoms with E-state index in [9.17, 15) is 66.5 Å². The molecule has 2 radical (unpaired) electrons. The molecule has 99 heavy (non-hydrogen) atoms. The van der Waals surface area contributed by atoms with Crippen molar-refractivity contribution >= 4 is 95.5 Å². The maximum atomic E-state index is 12.9. The first-order valence-electron chi connectivity index (χ1n) is 28.9. The number of ether oxygens (including phenoxy) is 5. The molecule has 0 amide bonds. The predicted molar refractivity (Wildman–Crippen MR) is 377 cm³/mol. The van der Waals surface area contributed by atoms with Crippen LogP contribution in [0.2, 0.25) is 0 Å². The standard InChI is InChI=1S/C16H22N3O4P.C13H20NO5P.C12H17NO3.C9H17N2O5P.C4H7N2O2P.CH3Cl2OP.CH7N2OP.CH4.2Pr/c1-3-10-23-16(21)15(11-13-4-6-14(20)7-5-13)18-24(2,22)19-9-8-17-12-19;1-3-8-19-13(16)12(14-20(2,17)18)9-10-4-6-11(15)7-5-10;1-2-7-16-12(15)11(13)8-9-3-5-10(14)6-4-9;1-4-15-8(12)6-10-17(3,14)11-7-9(13)16-5-2;1-9(7,8)6-3-2-5-4-6;2*1-5(2,3)4;;;/h4-9,12,15,20H,3,10-11H2,1-2H3,(H,18,22);4-7,12,15H,3,8-9H2,1-2H3,(H2,14,17,18);3-6,11,14H,2,7-8,13H2,1H3;6-7H,4-5H2,1-3H3,(H2,10,11,14);2-4H,1H3,(H,7,8);1H3;1H3,(H4,2,3,4);1H4;;/q;;;-2;;;;;;. The summed E-state index contributed by atoms with van der Waals surface area (Å²) in [6.07, 6.45) is 11.9. The fourth-order valence-electron chi connectivity index (χ4n) is 6.34. The number of carbonyl (C=O) groups excluding carboxylic acids is 5. The van der Waals surface area contributed by atoms with Crippen LogP contribution >= 0.6 is 65.7 Å². The zero-order valence-electron chi connectivity index (χ0n) is 56.4. The van der Waals surface area contributed by atoms with Crippen molar-refractivity contribution < 1.29 is 183 Å². The van der Waals surface area contributed by atoms with Gasteiger partial charge in [-0.25, -0.2) is 33.2 Å². The van der Waals surface area contributed by atoms with Crippen LogP contribution in [-0.2, 0) is 94.3 Å². The van der Waals surface area contributed by atoms with Crippen LogP contribution < -0.4 is 37.1 Å². The number of nitrogens with two attached hydrogens (primary N) is 3. The van der Waals surface area contributed by atoms with Crippen LogP contribution in [-0.4, -0.2) is 165 Å². The maximum absolute atomic E-state index is 12.9. The zero-order chi connectivity index (χ0) is 73.9. The number of aromatic nitrogens is 4. The molecule has 0 bridgehead atoms. The molecular formula is C57H97Cl2N11O21P6Pr2-2. The van der Waals surface area contributed by atoms with Gasteiger partial charge in [-0.1, -0.05) is 64.6 Å². The van der Waals surface area contributed by atoms with Crippen molar-refractivity contribution in [3.05, 3.63) is 140 Å². The quantitative estimate of drug-likeness (QED) is 0.00919. The van der Waals surface area contributed by atoms with Gasteiger partial charge in [0.15, 0.2) is 19.4 Å². The average molecular weight is 1810 g/mol. The number of phenols is 3. The molecule has 0 saturated carbocycles. The first kappa shape index (κ1) is 105. The van der Waals surface area contributed by atoms with Gasteiger partial charge < -0.3 is 64.7 Å². The van der Waals surface area contributed by atoms with Crippen LogP contribution in [0.4, 0.5) is 0 Å². The molecule has 6 unspecified atom stereocenters. The molecule has 6 atom stereocenters. The maximum Gasteiger partial charge on any atom is 0.323 e. The fourth-order valence-corrected chi connectivity index (χ4v) is 9.93. The number of carbonyl (C=O) groups is 5. The summed E-state index contributed by atoms with van der Waals surface area (Å²) in [5, 5.41) is 37.7. The summed E-state index contributed by atoms with van der Waals surface area (Å²) in [4.78, 5) is 83.2. The van der Waals surface area contributed by atoms with Crippen LogP contribution in [0.15, 0.2) is 110 Å². The third-order valence-corrected chi connectivity index (χ3v) is 15.5. The molecule has 42 heteroatoms. The van der Waals surface area contributed by atoms with Gasteiger partial charge in [0, 0.05) is 147 Å². The van der Waals surface area contributed by atoms with Gasteiger partial charge in [-0.3, -0.25) is 71.0 Å².